The number of nitrogens with zero attached hydrogens (tertiary/aromatic N) is 4. The molecule has 0 aliphatic carbocycles. The molecule has 0 aliphatic rings. The van der Waals surface area contributed by atoms with Crippen molar-refractivity contribution < 1.29 is 0 Å². The van der Waals surface area contributed by atoms with Crippen LogP contribution < -0.4 is 5.32 Å². The average Bonchev–Trinajstić information content (AvgIpc) is 2.85. The molecule has 5 nitrogen and oxygen atoms in total. The minimum Gasteiger partial charge on any atom is -0.335 e. The molecule has 0 fully saturated rings. The predicted molar refractivity (Wildman–Crippen MR) is 70.1 cm³/mol. The first-order valence-electron chi connectivity index (χ1n) is 6.29. The highest BCUT2D eigenvalue weighted by Gasteiger charge is 2.13. The van der Waals surface area contributed by atoms with E-state index in [1.165, 1.54) is 0 Å². The van der Waals surface area contributed by atoms with Crippen LogP contribution in [0.2, 0.25) is 0 Å². The Hall–Kier alpha value is -1.75. The fraction of sp³-hybridized carbons (Fsp3) is 0.462. The van der Waals surface area contributed by atoms with Crippen LogP contribution in [-0.2, 0) is 13.0 Å². The molecule has 0 spiro atoms. The Bertz CT molecular complexity index is 465. The summed E-state index contributed by atoms with van der Waals surface area (Å²) in [4.78, 5) is 4.43. The van der Waals surface area contributed by atoms with Gasteiger partial charge in [0, 0.05) is 37.6 Å². The van der Waals surface area contributed by atoms with E-state index < -0.39 is 0 Å². The molecule has 2 rings (SSSR count). The second-order valence-electron chi connectivity index (χ2n) is 4.26. The molecule has 18 heavy (non-hydrogen) atoms. The number of aromatic nitrogens is 4. The van der Waals surface area contributed by atoms with Crippen LogP contribution in [0.3, 0.4) is 0 Å². The molecule has 5 heteroatoms. The van der Waals surface area contributed by atoms with Gasteiger partial charge in [-0.15, -0.1) is 0 Å². The molecule has 96 valence electrons. The number of imidazole rings is 1. The molecule has 2 aromatic rings. The lowest BCUT2D eigenvalue weighted by molar-refractivity contribution is 0.541. The van der Waals surface area contributed by atoms with Crippen molar-refractivity contribution in [1.82, 2.24) is 25.1 Å². The van der Waals surface area contributed by atoms with Gasteiger partial charge in [0.2, 0.25) is 0 Å². The molecular formula is C13H19N5. The normalized spacial score (nSPS) is 12.6. The first-order valence-corrected chi connectivity index (χ1v) is 6.29. The lowest BCUT2D eigenvalue weighted by Crippen LogP contribution is -2.21. The summed E-state index contributed by atoms with van der Waals surface area (Å²) in [6.07, 6.45) is 9.39. The van der Waals surface area contributed by atoms with Gasteiger partial charge in [0.05, 0.1) is 6.20 Å². The zero-order valence-corrected chi connectivity index (χ0v) is 10.9. The van der Waals surface area contributed by atoms with Gasteiger partial charge in [-0.25, -0.2) is 4.98 Å². The predicted octanol–water partition coefficient (Wildman–Crippen LogP) is 1.59. The Morgan fingerprint density at radius 3 is 2.89 bits per heavy atom. The number of hydrogen-bond donors (Lipinski definition) is 1. The van der Waals surface area contributed by atoms with Crippen molar-refractivity contribution >= 4 is 0 Å². The largest absolute Gasteiger partial charge is 0.335 e. The van der Waals surface area contributed by atoms with E-state index in [1.54, 1.807) is 12.4 Å². The number of aryl methyl sites for hydroxylation is 1. The van der Waals surface area contributed by atoms with Gasteiger partial charge in [-0.05, 0) is 25.1 Å². The summed E-state index contributed by atoms with van der Waals surface area (Å²) in [6.45, 7) is 3.19. The maximum atomic E-state index is 4.43. The number of nitrogens with one attached hydrogen (secondary N) is 1. The summed E-state index contributed by atoms with van der Waals surface area (Å²) in [5, 5.41) is 11.0. The average molecular weight is 245 g/mol. The maximum Gasteiger partial charge on any atom is 0.110 e. The number of likely N-dealkylation sites (N-methyl/N-ethyl adjacent to an activating group) is 1. The fourth-order valence-corrected chi connectivity index (χ4v) is 2.05. The zero-order valence-electron chi connectivity index (χ0n) is 10.9. The highest BCUT2D eigenvalue weighted by molar-refractivity contribution is 5.13. The second-order valence-corrected chi connectivity index (χ2v) is 4.26. The van der Waals surface area contributed by atoms with Crippen LogP contribution in [0.5, 0.6) is 0 Å². The van der Waals surface area contributed by atoms with Gasteiger partial charge < -0.3 is 9.88 Å². The molecule has 2 heterocycles. The third-order valence-corrected chi connectivity index (χ3v) is 3.01. The van der Waals surface area contributed by atoms with Gasteiger partial charge in [0.25, 0.3) is 0 Å². The highest BCUT2D eigenvalue weighted by atomic mass is 15.1. The van der Waals surface area contributed by atoms with Crippen LogP contribution >= 0.6 is 0 Å². The smallest absolute Gasteiger partial charge is 0.110 e. The van der Waals surface area contributed by atoms with Gasteiger partial charge in [0.15, 0.2) is 0 Å². The molecule has 0 bridgehead atoms. The van der Waals surface area contributed by atoms with E-state index in [0.717, 1.165) is 30.8 Å². The van der Waals surface area contributed by atoms with E-state index in [0.29, 0.717) is 0 Å². The van der Waals surface area contributed by atoms with Crippen LogP contribution in [0.25, 0.3) is 0 Å². The first-order chi connectivity index (χ1) is 8.85. The molecule has 0 radical (unpaired) electrons. The Labute approximate surface area is 107 Å². The lowest BCUT2D eigenvalue weighted by atomic mass is 10.1. The maximum absolute atomic E-state index is 4.43. The fourth-order valence-electron chi connectivity index (χ4n) is 2.05. The van der Waals surface area contributed by atoms with Gasteiger partial charge in [-0.3, -0.25) is 0 Å². The van der Waals surface area contributed by atoms with Gasteiger partial charge in [-0.1, -0.05) is 6.92 Å². The van der Waals surface area contributed by atoms with E-state index in [1.807, 2.05) is 25.5 Å². The molecule has 0 saturated carbocycles. The van der Waals surface area contributed by atoms with Crippen molar-refractivity contribution in [2.24, 2.45) is 0 Å². The molecule has 0 saturated heterocycles. The van der Waals surface area contributed by atoms with Crippen molar-refractivity contribution in [2.45, 2.75) is 32.4 Å². The molecule has 2 aromatic heterocycles. The standard InChI is InChI=1S/C13H19N5/c1-3-7-18-8-6-15-13(18)9-12(14-2)11-4-5-16-17-10-11/h4-6,8,10,12,14H,3,7,9H2,1-2H3. The first kappa shape index (κ1) is 12.7. The van der Waals surface area contributed by atoms with Gasteiger partial charge >= 0.3 is 0 Å². The van der Waals surface area contributed by atoms with Crippen LogP contribution in [0.1, 0.15) is 30.8 Å². The summed E-state index contributed by atoms with van der Waals surface area (Å²) in [5.74, 6) is 1.10. The SMILES string of the molecule is CCCn1ccnc1CC(NC)c1ccnnc1. The molecule has 0 aliphatic heterocycles. The minimum absolute atomic E-state index is 0.221. The summed E-state index contributed by atoms with van der Waals surface area (Å²) in [5.41, 5.74) is 1.14. The van der Waals surface area contributed by atoms with Crippen molar-refractivity contribution in [3.63, 3.8) is 0 Å². The van der Waals surface area contributed by atoms with Crippen molar-refractivity contribution in [1.29, 1.82) is 0 Å². The van der Waals surface area contributed by atoms with Crippen LogP contribution in [0, 0.1) is 0 Å². The monoisotopic (exact) mass is 245 g/mol. The Balaban J connectivity index is 2.13. The summed E-state index contributed by atoms with van der Waals surface area (Å²) in [6, 6.07) is 2.21. The molecule has 0 aromatic carbocycles. The van der Waals surface area contributed by atoms with E-state index >= 15 is 0 Å². The zero-order chi connectivity index (χ0) is 12.8. The molecule has 1 N–H and O–H groups in total. The third-order valence-electron chi connectivity index (χ3n) is 3.01. The molecule has 1 unspecified atom stereocenters. The number of rotatable bonds is 6. The van der Waals surface area contributed by atoms with Crippen LogP contribution in [0.15, 0.2) is 30.9 Å². The van der Waals surface area contributed by atoms with Gasteiger partial charge in [-0.2, -0.15) is 10.2 Å². The van der Waals surface area contributed by atoms with Crippen molar-refractivity contribution in [3.05, 3.63) is 42.2 Å². The van der Waals surface area contributed by atoms with Crippen LogP contribution in [0.4, 0.5) is 0 Å². The Kier molecular flexibility index (Phi) is 4.41. The van der Waals surface area contributed by atoms with Crippen LogP contribution in [-0.4, -0.2) is 26.8 Å². The van der Waals surface area contributed by atoms with Crippen molar-refractivity contribution in [3.8, 4) is 0 Å². The summed E-state index contributed by atoms with van der Waals surface area (Å²) >= 11 is 0. The topological polar surface area (TPSA) is 55.6 Å². The summed E-state index contributed by atoms with van der Waals surface area (Å²) < 4.78 is 2.21. The van der Waals surface area contributed by atoms with E-state index in [9.17, 15) is 0 Å². The highest BCUT2D eigenvalue weighted by Crippen LogP contribution is 2.16. The molecule has 1 atom stereocenters. The van der Waals surface area contributed by atoms with E-state index in [2.05, 4.69) is 32.0 Å². The molecule has 0 amide bonds. The second kappa shape index (κ2) is 6.26. The lowest BCUT2D eigenvalue weighted by Gasteiger charge is -2.16. The van der Waals surface area contributed by atoms with Gasteiger partial charge in [0.1, 0.15) is 5.82 Å². The molecular weight excluding hydrogens is 226 g/mol. The minimum atomic E-state index is 0.221. The third kappa shape index (κ3) is 2.92. The summed E-state index contributed by atoms with van der Waals surface area (Å²) in [7, 11) is 1.96. The number of hydrogen-bond acceptors (Lipinski definition) is 4. The Morgan fingerprint density at radius 2 is 2.22 bits per heavy atom. The quantitative estimate of drug-likeness (QED) is 0.839. The van der Waals surface area contributed by atoms with Crippen molar-refractivity contribution in [2.75, 3.05) is 7.05 Å². The van der Waals surface area contributed by atoms with E-state index in [4.69, 9.17) is 0 Å². The Morgan fingerprint density at radius 1 is 1.33 bits per heavy atom. The van der Waals surface area contributed by atoms with E-state index in [-0.39, 0.29) is 6.04 Å².